The Hall–Kier alpha value is -2.35. The lowest BCUT2D eigenvalue weighted by Gasteiger charge is -2.11. The fraction of sp³-hybridized carbons (Fsp3) is 0.105. The molecule has 0 atom stereocenters. The number of hydrogen-bond donors (Lipinski definition) is 0. The van der Waals surface area contributed by atoms with Crippen molar-refractivity contribution in [1.29, 1.82) is 0 Å². The molecule has 0 bridgehead atoms. The van der Waals surface area contributed by atoms with Crippen LogP contribution in [0.2, 0.25) is 0 Å². The molecule has 0 aliphatic rings. The molecule has 0 saturated heterocycles. The van der Waals surface area contributed by atoms with Crippen LogP contribution >= 0.6 is 0 Å². The molecule has 0 spiro atoms. The predicted octanol–water partition coefficient (Wildman–Crippen LogP) is 2.13. The molecule has 2 heteroatoms. The molecule has 0 saturated carbocycles. The SMILES string of the molecule is Cc1ccc[n+](CB(c2ccccc2)c2ccccc2)c1. The molecule has 0 radical (unpaired) electrons. The zero-order valence-corrected chi connectivity index (χ0v) is 12.3. The summed E-state index contributed by atoms with van der Waals surface area (Å²) in [6.45, 7) is 2.51. The molecule has 1 nitrogen and oxygen atoms in total. The summed E-state index contributed by atoms with van der Waals surface area (Å²) in [7, 11) is 0. The highest BCUT2D eigenvalue weighted by atomic mass is 14.9. The number of aryl methyl sites for hydroxylation is 1. The van der Waals surface area contributed by atoms with E-state index in [-0.39, 0.29) is 0 Å². The Bertz CT molecular complexity index is 656. The van der Waals surface area contributed by atoms with E-state index >= 15 is 0 Å². The molecule has 1 heterocycles. The van der Waals surface area contributed by atoms with Gasteiger partial charge in [0.15, 0.2) is 12.4 Å². The molecule has 0 amide bonds. The summed E-state index contributed by atoms with van der Waals surface area (Å²) in [5.74, 6) is 0. The number of nitrogens with zero attached hydrogens (tertiary/aromatic N) is 1. The van der Waals surface area contributed by atoms with Crippen LogP contribution in [0.4, 0.5) is 0 Å². The molecule has 0 aliphatic carbocycles. The molecule has 0 aliphatic heterocycles. The predicted molar refractivity (Wildman–Crippen MR) is 89.3 cm³/mol. The first-order valence-corrected chi connectivity index (χ1v) is 7.38. The van der Waals surface area contributed by atoms with Gasteiger partial charge in [-0.3, -0.25) is 0 Å². The van der Waals surface area contributed by atoms with Crippen LogP contribution in [0.3, 0.4) is 0 Å². The zero-order chi connectivity index (χ0) is 14.5. The van der Waals surface area contributed by atoms with Gasteiger partial charge in [0.25, 0.3) is 6.71 Å². The number of aromatic nitrogens is 1. The summed E-state index contributed by atoms with van der Waals surface area (Å²) in [5.41, 5.74) is 4.01. The van der Waals surface area contributed by atoms with Crippen molar-refractivity contribution in [2.75, 3.05) is 0 Å². The Balaban J connectivity index is 1.97. The van der Waals surface area contributed by atoms with Gasteiger partial charge in [0.1, 0.15) is 6.44 Å². The number of hydrogen-bond acceptors (Lipinski definition) is 0. The Kier molecular flexibility index (Phi) is 4.16. The summed E-state index contributed by atoms with van der Waals surface area (Å²) >= 11 is 0. The van der Waals surface area contributed by atoms with E-state index in [4.69, 9.17) is 0 Å². The lowest BCUT2D eigenvalue weighted by Crippen LogP contribution is -2.54. The Morgan fingerprint density at radius 2 is 1.33 bits per heavy atom. The fourth-order valence-electron chi connectivity index (χ4n) is 2.75. The van der Waals surface area contributed by atoms with E-state index in [9.17, 15) is 0 Å². The Morgan fingerprint density at radius 3 is 1.86 bits per heavy atom. The maximum absolute atomic E-state index is 2.28. The summed E-state index contributed by atoms with van der Waals surface area (Å²) in [6, 6.07) is 25.7. The van der Waals surface area contributed by atoms with Crippen LogP contribution in [0.5, 0.6) is 0 Å². The molecular weight excluding hydrogens is 253 g/mol. The third kappa shape index (κ3) is 3.40. The monoisotopic (exact) mass is 272 g/mol. The highest BCUT2D eigenvalue weighted by Crippen LogP contribution is 1.95. The van der Waals surface area contributed by atoms with Crippen molar-refractivity contribution >= 4 is 17.6 Å². The van der Waals surface area contributed by atoms with Crippen molar-refractivity contribution in [3.63, 3.8) is 0 Å². The van der Waals surface area contributed by atoms with Crippen LogP contribution in [0, 0.1) is 6.92 Å². The quantitative estimate of drug-likeness (QED) is 0.506. The molecule has 3 rings (SSSR count). The Labute approximate surface area is 127 Å². The highest BCUT2D eigenvalue weighted by molar-refractivity contribution is 6.83. The van der Waals surface area contributed by atoms with Gasteiger partial charge in [0.2, 0.25) is 0 Å². The van der Waals surface area contributed by atoms with Gasteiger partial charge in [-0.15, -0.1) is 0 Å². The van der Waals surface area contributed by atoms with Crippen molar-refractivity contribution in [3.8, 4) is 0 Å². The smallest absolute Gasteiger partial charge is 0.212 e. The fourth-order valence-corrected chi connectivity index (χ4v) is 2.75. The second-order valence-electron chi connectivity index (χ2n) is 5.45. The van der Waals surface area contributed by atoms with Crippen molar-refractivity contribution in [1.82, 2.24) is 0 Å². The minimum atomic E-state index is 0.374. The van der Waals surface area contributed by atoms with Crippen LogP contribution in [-0.2, 0) is 6.44 Å². The second-order valence-corrected chi connectivity index (χ2v) is 5.45. The minimum absolute atomic E-state index is 0.374. The zero-order valence-electron chi connectivity index (χ0n) is 12.3. The van der Waals surface area contributed by atoms with Gasteiger partial charge in [-0.1, -0.05) is 71.6 Å². The number of pyridine rings is 1. The first kappa shape index (κ1) is 13.6. The minimum Gasteiger partial charge on any atom is -0.212 e. The molecule has 1 aromatic heterocycles. The third-order valence-electron chi connectivity index (χ3n) is 3.80. The molecule has 0 fully saturated rings. The summed E-state index contributed by atoms with van der Waals surface area (Å²) in [5, 5.41) is 0. The maximum Gasteiger partial charge on any atom is 0.288 e. The standard InChI is InChI=1S/C19H19BN/c1-17-9-8-14-21(15-17)16-20(18-10-4-2-5-11-18)19-12-6-3-7-13-19/h2-15H,16H2,1H3/q+1. The summed E-state index contributed by atoms with van der Waals surface area (Å²) < 4.78 is 2.28. The van der Waals surface area contributed by atoms with Gasteiger partial charge in [0, 0.05) is 11.6 Å². The molecule has 0 unspecified atom stereocenters. The van der Waals surface area contributed by atoms with Crippen LogP contribution < -0.4 is 15.5 Å². The maximum atomic E-state index is 2.28. The number of rotatable bonds is 4. The van der Waals surface area contributed by atoms with Crippen LogP contribution in [-0.4, -0.2) is 6.71 Å². The first-order valence-electron chi connectivity index (χ1n) is 7.38. The Morgan fingerprint density at radius 1 is 0.762 bits per heavy atom. The van der Waals surface area contributed by atoms with E-state index in [0.717, 1.165) is 6.44 Å². The number of benzene rings is 2. The van der Waals surface area contributed by atoms with Crippen molar-refractivity contribution in [2.24, 2.45) is 0 Å². The molecule has 102 valence electrons. The molecule has 21 heavy (non-hydrogen) atoms. The normalized spacial score (nSPS) is 10.3. The van der Waals surface area contributed by atoms with Crippen molar-refractivity contribution in [3.05, 3.63) is 90.8 Å². The van der Waals surface area contributed by atoms with E-state index in [1.807, 2.05) is 0 Å². The highest BCUT2D eigenvalue weighted by Gasteiger charge is 2.23. The first-order chi connectivity index (χ1) is 10.3. The van der Waals surface area contributed by atoms with Crippen molar-refractivity contribution in [2.45, 2.75) is 13.4 Å². The molecule has 0 N–H and O–H groups in total. The van der Waals surface area contributed by atoms with Crippen molar-refractivity contribution < 1.29 is 4.57 Å². The lowest BCUT2D eigenvalue weighted by atomic mass is 9.40. The van der Waals surface area contributed by atoms with Crippen LogP contribution in [0.25, 0.3) is 0 Å². The van der Waals surface area contributed by atoms with E-state index in [0.29, 0.717) is 6.71 Å². The van der Waals surface area contributed by atoms with E-state index in [1.54, 1.807) is 0 Å². The molecule has 2 aromatic carbocycles. The summed E-state index contributed by atoms with van der Waals surface area (Å²) in [4.78, 5) is 0. The van der Waals surface area contributed by atoms with Gasteiger partial charge in [-0.25, -0.2) is 4.57 Å². The largest absolute Gasteiger partial charge is 0.288 e. The van der Waals surface area contributed by atoms with E-state index in [1.165, 1.54) is 16.5 Å². The van der Waals surface area contributed by atoms with Crippen LogP contribution in [0.15, 0.2) is 85.2 Å². The van der Waals surface area contributed by atoms with Gasteiger partial charge in [-0.05, 0) is 13.0 Å². The summed E-state index contributed by atoms with van der Waals surface area (Å²) in [6.07, 6.45) is 5.31. The molecular formula is C19H19BN+. The topological polar surface area (TPSA) is 3.88 Å². The third-order valence-corrected chi connectivity index (χ3v) is 3.80. The average Bonchev–Trinajstić information content (AvgIpc) is 2.54. The van der Waals surface area contributed by atoms with Gasteiger partial charge >= 0.3 is 0 Å². The van der Waals surface area contributed by atoms with E-state index < -0.39 is 0 Å². The van der Waals surface area contributed by atoms with Gasteiger partial charge < -0.3 is 0 Å². The van der Waals surface area contributed by atoms with Crippen LogP contribution in [0.1, 0.15) is 5.56 Å². The van der Waals surface area contributed by atoms with Gasteiger partial charge in [-0.2, -0.15) is 0 Å². The molecule has 3 aromatic rings. The van der Waals surface area contributed by atoms with Gasteiger partial charge in [0.05, 0.1) is 0 Å². The van der Waals surface area contributed by atoms with E-state index in [2.05, 4.69) is 96.7 Å². The lowest BCUT2D eigenvalue weighted by molar-refractivity contribution is -0.680. The second kappa shape index (κ2) is 6.40. The average molecular weight is 272 g/mol.